The van der Waals surface area contributed by atoms with E-state index in [9.17, 15) is 14.0 Å². The third-order valence-corrected chi connectivity index (χ3v) is 4.51. The molecule has 0 saturated heterocycles. The lowest BCUT2D eigenvalue weighted by molar-refractivity contribution is -0.115. The maximum atomic E-state index is 13.3. The number of halogens is 1. The van der Waals surface area contributed by atoms with Crippen molar-refractivity contribution in [3.8, 4) is 10.6 Å². The molecule has 0 unspecified atom stereocenters. The molecule has 0 fully saturated rings. The number of nitrogens with zero attached hydrogens (tertiary/aromatic N) is 1. The highest BCUT2D eigenvalue weighted by molar-refractivity contribution is 7.13. The van der Waals surface area contributed by atoms with Crippen LogP contribution in [0.25, 0.3) is 10.6 Å². The largest absolute Gasteiger partial charge is 0.465 e. The van der Waals surface area contributed by atoms with Crippen molar-refractivity contribution in [2.75, 3.05) is 12.4 Å². The van der Waals surface area contributed by atoms with Crippen molar-refractivity contribution in [3.63, 3.8) is 0 Å². The Hall–Kier alpha value is -3.06. The van der Waals surface area contributed by atoms with Crippen LogP contribution in [0, 0.1) is 5.82 Å². The molecular weight excluding hydrogens is 355 g/mol. The number of ether oxygens (including phenoxy) is 1. The molecule has 1 aromatic heterocycles. The van der Waals surface area contributed by atoms with Gasteiger partial charge >= 0.3 is 5.97 Å². The maximum absolute atomic E-state index is 13.3. The lowest BCUT2D eigenvalue weighted by Crippen LogP contribution is -2.17. The van der Waals surface area contributed by atoms with Gasteiger partial charge in [0.2, 0.25) is 5.91 Å². The number of carbonyl (C=O) groups is 2. The SMILES string of the molecule is COC(=O)c1ccccc1NC(=O)Cc1csc(-c2cccc(F)c2)n1. The predicted octanol–water partition coefficient (Wildman–Crippen LogP) is 3.92. The average Bonchev–Trinajstić information content (AvgIpc) is 3.10. The van der Waals surface area contributed by atoms with Gasteiger partial charge in [-0.1, -0.05) is 24.3 Å². The zero-order valence-corrected chi connectivity index (χ0v) is 14.7. The summed E-state index contributed by atoms with van der Waals surface area (Å²) in [4.78, 5) is 28.4. The number of benzene rings is 2. The first-order valence-corrected chi connectivity index (χ1v) is 8.62. The Labute approximate surface area is 153 Å². The van der Waals surface area contributed by atoms with Crippen molar-refractivity contribution in [2.24, 2.45) is 0 Å². The first-order chi connectivity index (χ1) is 12.6. The summed E-state index contributed by atoms with van der Waals surface area (Å²) in [5.41, 5.74) is 1.90. The minimum absolute atomic E-state index is 0.0430. The van der Waals surface area contributed by atoms with E-state index in [0.29, 0.717) is 22.0 Å². The molecule has 0 aliphatic heterocycles. The van der Waals surface area contributed by atoms with E-state index in [4.69, 9.17) is 4.74 Å². The van der Waals surface area contributed by atoms with E-state index >= 15 is 0 Å². The molecule has 132 valence electrons. The van der Waals surface area contributed by atoms with Crippen molar-refractivity contribution in [2.45, 2.75) is 6.42 Å². The Morgan fingerprint density at radius 3 is 2.77 bits per heavy atom. The second-order valence-electron chi connectivity index (χ2n) is 5.42. The van der Waals surface area contributed by atoms with Gasteiger partial charge < -0.3 is 10.1 Å². The molecule has 1 heterocycles. The summed E-state index contributed by atoms with van der Waals surface area (Å²) < 4.78 is 18.0. The number of methoxy groups -OCH3 is 1. The van der Waals surface area contributed by atoms with Gasteiger partial charge in [-0.15, -0.1) is 11.3 Å². The van der Waals surface area contributed by atoms with E-state index in [1.54, 1.807) is 41.8 Å². The smallest absolute Gasteiger partial charge is 0.339 e. The molecule has 3 rings (SSSR count). The van der Waals surface area contributed by atoms with Crippen LogP contribution < -0.4 is 5.32 Å². The molecule has 1 amide bonds. The van der Waals surface area contributed by atoms with Crippen LogP contribution in [0.3, 0.4) is 0 Å². The van der Waals surface area contributed by atoms with E-state index < -0.39 is 5.97 Å². The molecule has 5 nitrogen and oxygen atoms in total. The summed E-state index contributed by atoms with van der Waals surface area (Å²) in [6.07, 6.45) is 0.0430. The molecule has 0 saturated carbocycles. The summed E-state index contributed by atoms with van der Waals surface area (Å²) in [6.45, 7) is 0. The lowest BCUT2D eigenvalue weighted by atomic mass is 10.1. The third kappa shape index (κ3) is 4.12. The normalized spacial score (nSPS) is 10.4. The van der Waals surface area contributed by atoms with Gasteiger partial charge in [0.05, 0.1) is 30.5 Å². The molecule has 0 aliphatic carbocycles. The maximum Gasteiger partial charge on any atom is 0.339 e. The van der Waals surface area contributed by atoms with Crippen LogP contribution in [-0.2, 0) is 16.0 Å². The molecule has 0 radical (unpaired) electrons. The van der Waals surface area contributed by atoms with Crippen molar-refractivity contribution in [3.05, 3.63) is 71.0 Å². The number of nitrogens with one attached hydrogen (secondary N) is 1. The number of thiazole rings is 1. The average molecular weight is 370 g/mol. The first-order valence-electron chi connectivity index (χ1n) is 7.74. The van der Waals surface area contributed by atoms with Gasteiger partial charge in [0, 0.05) is 10.9 Å². The highest BCUT2D eigenvalue weighted by Gasteiger charge is 2.15. The lowest BCUT2D eigenvalue weighted by Gasteiger charge is -2.08. The Morgan fingerprint density at radius 1 is 1.19 bits per heavy atom. The number of rotatable bonds is 5. The molecule has 1 N–H and O–H groups in total. The Morgan fingerprint density at radius 2 is 2.00 bits per heavy atom. The molecule has 0 atom stereocenters. The molecule has 0 spiro atoms. The summed E-state index contributed by atoms with van der Waals surface area (Å²) in [7, 11) is 1.28. The Bertz CT molecular complexity index is 955. The molecule has 7 heteroatoms. The van der Waals surface area contributed by atoms with E-state index in [1.165, 1.54) is 30.6 Å². The quantitative estimate of drug-likeness (QED) is 0.691. The second kappa shape index (κ2) is 7.88. The number of hydrogen-bond acceptors (Lipinski definition) is 5. The van der Waals surface area contributed by atoms with Crippen LogP contribution >= 0.6 is 11.3 Å². The van der Waals surface area contributed by atoms with Gasteiger partial charge in [0.1, 0.15) is 10.8 Å². The van der Waals surface area contributed by atoms with Crippen LogP contribution in [0.1, 0.15) is 16.1 Å². The predicted molar refractivity (Wildman–Crippen MR) is 97.6 cm³/mol. The van der Waals surface area contributed by atoms with E-state index in [1.807, 2.05) is 0 Å². The number of carbonyl (C=O) groups excluding carboxylic acids is 2. The van der Waals surface area contributed by atoms with Gasteiger partial charge in [-0.25, -0.2) is 14.2 Å². The summed E-state index contributed by atoms with van der Waals surface area (Å²) in [5.74, 6) is -1.17. The topological polar surface area (TPSA) is 68.3 Å². The molecule has 2 aromatic carbocycles. The van der Waals surface area contributed by atoms with Crippen molar-refractivity contribution in [1.29, 1.82) is 0 Å². The summed E-state index contributed by atoms with van der Waals surface area (Å²) >= 11 is 1.34. The van der Waals surface area contributed by atoms with Crippen LogP contribution in [0.2, 0.25) is 0 Å². The first kappa shape index (κ1) is 17.8. The highest BCUT2D eigenvalue weighted by Crippen LogP contribution is 2.24. The van der Waals surface area contributed by atoms with Crippen LogP contribution in [0.15, 0.2) is 53.9 Å². The Kier molecular flexibility index (Phi) is 5.38. The van der Waals surface area contributed by atoms with Crippen molar-refractivity contribution in [1.82, 2.24) is 4.98 Å². The van der Waals surface area contributed by atoms with Crippen LogP contribution in [0.5, 0.6) is 0 Å². The minimum Gasteiger partial charge on any atom is -0.465 e. The molecule has 0 aliphatic rings. The molecular formula is C19H15FN2O3S. The van der Waals surface area contributed by atoms with Gasteiger partial charge in [0.15, 0.2) is 0 Å². The number of hydrogen-bond donors (Lipinski definition) is 1. The zero-order valence-electron chi connectivity index (χ0n) is 13.9. The second-order valence-corrected chi connectivity index (χ2v) is 6.27. The molecule has 3 aromatic rings. The highest BCUT2D eigenvalue weighted by atomic mass is 32.1. The summed E-state index contributed by atoms with van der Waals surface area (Å²) in [5, 5.41) is 5.09. The van der Waals surface area contributed by atoms with E-state index in [-0.39, 0.29) is 23.7 Å². The Balaban J connectivity index is 1.71. The standard InChI is InChI=1S/C19H15FN2O3S/c1-25-19(24)15-7-2-3-8-16(15)22-17(23)10-14-11-26-18(21-14)12-5-4-6-13(20)9-12/h2-9,11H,10H2,1H3,(H,22,23). The zero-order chi connectivity index (χ0) is 18.5. The monoisotopic (exact) mass is 370 g/mol. The fourth-order valence-corrected chi connectivity index (χ4v) is 3.20. The van der Waals surface area contributed by atoms with Crippen LogP contribution in [-0.4, -0.2) is 24.0 Å². The van der Waals surface area contributed by atoms with Gasteiger partial charge in [0.25, 0.3) is 0 Å². The number of esters is 1. The van der Waals surface area contributed by atoms with Crippen LogP contribution in [0.4, 0.5) is 10.1 Å². The van der Waals surface area contributed by atoms with Crippen molar-refractivity contribution >= 4 is 28.9 Å². The third-order valence-electron chi connectivity index (χ3n) is 3.57. The van der Waals surface area contributed by atoms with Gasteiger partial charge in [-0.2, -0.15) is 0 Å². The van der Waals surface area contributed by atoms with Gasteiger partial charge in [-0.3, -0.25) is 4.79 Å². The number of amides is 1. The van der Waals surface area contributed by atoms with E-state index in [2.05, 4.69) is 10.3 Å². The number of anilines is 1. The molecule has 0 bridgehead atoms. The fourth-order valence-electron chi connectivity index (χ4n) is 2.38. The fraction of sp³-hybridized carbons (Fsp3) is 0.105. The van der Waals surface area contributed by atoms with Gasteiger partial charge in [-0.05, 0) is 24.3 Å². The minimum atomic E-state index is -0.525. The summed E-state index contributed by atoms with van der Waals surface area (Å²) in [6, 6.07) is 12.7. The van der Waals surface area contributed by atoms with Crippen molar-refractivity contribution < 1.29 is 18.7 Å². The molecule has 26 heavy (non-hydrogen) atoms. The number of para-hydroxylation sites is 1. The van der Waals surface area contributed by atoms with E-state index in [0.717, 1.165) is 0 Å². The number of aromatic nitrogens is 1.